The fourth-order valence-corrected chi connectivity index (χ4v) is 6.62. The molecule has 1 fully saturated rings. The number of amides is 1. The fraction of sp³-hybridized carbons (Fsp3) is 0.629. The van der Waals surface area contributed by atoms with Gasteiger partial charge in [0, 0.05) is 53.4 Å². The molecule has 1 amide bonds. The van der Waals surface area contributed by atoms with Gasteiger partial charge in [0.15, 0.2) is 0 Å². The molecule has 1 unspecified atom stereocenters. The Morgan fingerprint density at radius 3 is 2.60 bits per heavy atom. The van der Waals surface area contributed by atoms with Crippen LogP contribution in [0.1, 0.15) is 56.7 Å². The Morgan fingerprint density at radius 2 is 1.84 bits per heavy atom. The summed E-state index contributed by atoms with van der Waals surface area (Å²) in [5, 5.41) is 9.99. The maximum atomic E-state index is 12.2. The Labute approximate surface area is 267 Å². The van der Waals surface area contributed by atoms with Crippen LogP contribution in [0.25, 0.3) is 0 Å². The number of hydrogen-bond acceptors (Lipinski definition) is 8. The van der Waals surface area contributed by atoms with Crippen molar-refractivity contribution in [3.8, 4) is 11.5 Å². The molecule has 0 saturated carbocycles. The van der Waals surface area contributed by atoms with Crippen LogP contribution in [0.4, 0.5) is 10.5 Å². The maximum Gasteiger partial charge on any atom is 0.407 e. The number of ether oxygens (including phenoxy) is 6. The highest BCUT2D eigenvalue weighted by atomic mass is 16.6. The number of fused-ring (bicyclic) bond motifs is 3. The quantitative estimate of drug-likeness (QED) is 0.307. The number of carboxylic acid groups (broad SMARTS) is 1. The number of rotatable bonds is 12. The molecule has 248 valence electrons. The van der Waals surface area contributed by atoms with Gasteiger partial charge in [-0.25, -0.2) is 4.79 Å². The van der Waals surface area contributed by atoms with Gasteiger partial charge in [0.05, 0.1) is 38.1 Å². The predicted octanol–water partition coefficient (Wildman–Crippen LogP) is 5.49. The molecule has 45 heavy (non-hydrogen) atoms. The molecule has 0 aliphatic carbocycles. The first kappa shape index (κ1) is 33.3. The van der Waals surface area contributed by atoms with Gasteiger partial charge >= 0.3 is 6.09 Å². The number of likely N-dealkylation sites (tertiary alicyclic amines) is 1. The second-order valence-corrected chi connectivity index (χ2v) is 13.3. The van der Waals surface area contributed by atoms with Crippen molar-refractivity contribution in [2.24, 2.45) is 5.41 Å². The highest BCUT2D eigenvalue weighted by Gasteiger charge is 2.53. The molecule has 2 aromatic carbocycles. The number of anilines is 1. The molecule has 0 radical (unpaired) electrons. The number of benzene rings is 2. The summed E-state index contributed by atoms with van der Waals surface area (Å²) in [4.78, 5) is 16.0. The lowest BCUT2D eigenvalue weighted by molar-refractivity contribution is -0.230. The lowest BCUT2D eigenvalue weighted by Crippen LogP contribution is -2.60. The minimum Gasteiger partial charge on any atom is -0.493 e. The van der Waals surface area contributed by atoms with Crippen molar-refractivity contribution in [1.29, 1.82) is 0 Å². The molecule has 3 aliphatic heterocycles. The summed E-state index contributed by atoms with van der Waals surface area (Å²) >= 11 is 0. The molecule has 1 N–H and O–H groups in total. The summed E-state index contributed by atoms with van der Waals surface area (Å²) in [6, 6.07) is 12.4. The zero-order valence-electron chi connectivity index (χ0n) is 27.5. The highest BCUT2D eigenvalue weighted by Crippen LogP contribution is 2.48. The van der Waals surface area contributed by atoms with E-state index in [-0.39, 0.29) is 18.1 Å². The third-order valence-electron chi connectivity index (χ3n) is 9.16. The van der Waals surface area contributed by atoms with Gasteiger partial charge in [-0.05, 0) is 59.2 Å². The van der Waals surface area contributed by atoms with Crippen molar-refractivity contribution < 1.29 is 38.3 Å². The predicted molar refractivity (Wildman–Crippen MR) is 172 cm³/mol. The summed E-state index contributed by atoms with van der Waals surface area (Å²) in [7, 11) is 3.42. The molecule has 2 aromatic rings. The molecular formula is C35H50N2O8. The smallest absolute Gasteiger partial charge is 0.407 e. The van der Waals surface area contributed by atoms with E-state index in [4.69, 9.17) is 28.4 Å². The number of hydrogen-bond donors (Lipinski definition) is 1. The van der Waals surface area contributed by atoms with E-state index in [1.54, 1.807) is 14.2 Å². The Kier molecular flexibility index (Phi) is 10.8. The molecule has 10 heteroatoms. The van der Waals surface area contributed by atoms with Crippen LogP contribution < -0.4 is 14.4 Å². The lowest BCUT2D eigenvalue weighted by Gasteiger charge is -2.53. The van der Waals surface area contributed by atoms with E-state index < -0.39 is 17.8 Å². The van der Waals surface area contributed by atoms with Crippen molar-refractivity contribution >= 4 is 11.8 Å². The van der Waals surface area contributed by atoms with Crippen LogP contribution in [-0.2, 0) is 37.6 Å². The van der Waals surface area contributed by atoms with E-state index in [1.165, 1.54) is 10.5 Å². The Balaban J connectivity index is 1.43. The van der Waals surface area contributed by atoms with Crippen LogP contribution >= 0.6 is 0 Å². The lowest BCUT2D eigenvalue weighted by atomic mass is 9.73. The fourth-order valence-electron chi connectivity index (χ4n) is 6.62. The van der Waals surface area contributed by atoms with Crippen LogP contribution in [0.15, 0.2) is 36.4 Å². The highest BCUT2D eigenvalue weighted by molar-refractivity contribution is 5.65. The molecule has 3 atom stereocenters. The standard InChI is InChI=1S/C35H50N2O8/c1-34(2,3)31-22-26-21-27(42-18-7-17-41-5)9-10-28(26)35(45-31)12-14-37(33(38)39)23-32(35)44-24-25-8-11-30-29(20-25)36(15-19-43-30)13-6-16-40-4/h8-11,20-21,31-32H,6-7,12-19,22-24H2,1-5H3,(H,38,39)/t31?,32-,35-/m0/s1. The third-order valence-corrected chi connectivity index (χ3v) is 9.16. The molecule has 5 rings (SSSR count). The van der Waals surface area contributed by atoms with Crippen LogP contribution in [0.3, 0.4) is 0 Å². The van der Waals surface area contributed by atoms with Crippen molar-refractivity contribution in [2.75, 3.05) is 71.7 Å². The number of carbonyl (C=O) groups is 1. The molecular weight excluding hydrogens is 576 g/mol. The van der Waals surface area contributed by atoms with Gasteiger partial charge in [-0.1, -0.05) is 32.9 Å². The molecule has 3 aliphatic rings. The van der Waals surface area contributed by atoms with E-state index in [2.05, 4.69) is 43.9 Å². The number of nitrogens with zero attached hydrogens (tertiary/aromatic N) is 2. The molecule has 1 saturated heterocycles. The van der Waals surface area contributed by atoms with Crippen molar-refractivity contribution in [1.82, 2.24) is 4.90 Å². The van der Waals surface area contributed by atoms with E-state index in [0.717, 1.165) is 60.7 Å². The normalized spacial score (nSPS) is 23.0. The average Bonchev–Trinajstić information content (AvgIpc) is 3.02. The van der Waals surface area contributed by atoms with Gasteiger partial charge in [0.1, 0.15) is 29.8 Å². The third kappa shape index (κ3) is 7.68. The van der Waals surface area contributed by atoms with Gasteiger partial charge in [-0.3, -0.25) is 0 Å². The summed E-state index contributed by atoms with van der Waals surface area (Å²) in [5.74, 6) is 1.69. The van der Waals surface area contributed by atoms with Crippen molar-refractivity contribution in [2.45, 2.75) is 70.9 Å². The SMILES string of the molecule is COCCCOc1ccc2c(c1)CC(C(C)(C)C)O[C@@]21CCN(C(=O)O)C[C@@H]1OCc1ccc2c(c1)N(CCCOC)CCO2. The molecule has 1 spiro atoms. The number of piperidine rings is 1. The Morgan fingerprint density at radius 1 is 1.04 bits per heavy atom. The Hall–Kier alpha value is -3.05. The van der Waals surface area contributed by atoms with Gasteiger partial charge in [-0.2, -0.15) is 0 Å². The van der Waals surface area contributed by atoms with Crippen molar-refractivity contribution in [3.05, 3.63) is 53.1 Å². The number of methoxy groups -OCH3 is 2. The van der Waals surface area contributed by atoms with Crippen molar-refractivity contribution in [3.63, 3.8) is 0 Å². The Bertz CT molecular complexity index is 1300. The first-order valence-electron chi connectivity index (χ1n) is 16.2. The molecule has 0 aromatic heterocycles. The van der Waals surface area contributed by atoms with E-state index in [9.17, 15) is 9.90 Å². The van der Waals surface area contributed by atoms with Gasteiger partial charge in [0.2, 0.25) is 0 Å². The van der Waals surface area contributed by atoms with E-state index in [1.807, 2.05) is 18.2 Å². The van der Waals surface area contributed by atoms with E-state index in [0.29, 0.717) is 46.0 Å². The topological polar surface area (TPSA) is 99.2 Å². The first-order valence-corrected chi connectivity index (χ1v) is 16.2. The second kappa shape index (κ2) is 14.6. The maximum absolute atomic E-state index is 12.2. The largest absolute Gasteiger partial charge is 0.493 e. The van der Waals surface area contributed by atoms with Crippen LogP contribution in [0.2, 0.25) is 0 Å². The van der Waals surface area contributed by atoms with Gasteiger partial charge < -0.3 is 43.3 Å². The summed E-state index contributed by atoms with van der Waals surface area (Å²) < 4.78 is 36.3. The minimum absolute atomic E-state index is 0.0854. The molecule has 0 bridgehead atoms. The zero-order valence-corrected chi connectivity index (χ0v) is 27.5. The summed E-state index contributed by atoms with van der Waals surface area (Å²) in [6.45, 7) is 11.8. The second-order valence-electron chi connectivity index (χ2n) is 13.3. The van der Waals surface area contributed by atoms with Gasteiger partial charge in [0.25, 0.3) is 0 Å². The minimum atomic E-state index is -0.945. The molecule has 3 heterocycles. The zero-order chi connectivity index (χ0) is 32.0. The van der Waals surface area contributed by atoms with Crippen LogP contribution in [0.5, 0.6) is 11.5 Å². The van der Waals surface area contributed by atoms with Crippen LogP contribution in [0, 0.1) is 5.41 Å². The summed E-state index contributed by atoms with van der Waals surface area (Å²) in [5.41, 5.74) is 3.34. The monoisotopic (exact) mass is 626 g/mol. The molecule has 10 nitrogen and oxygen atoms in total. The first-order chi connectivity index (χ1) is 21.6. The average molecular weight is 627 g/mol. The van der Waals surface area contributed by atoms with Gasteiger partial charge in [-0.15, -0.1) is 0 Å². The van der Waals surface area contributed by atoms with E-state index >= 15 is 0 Å². The van der Waals surface area contributed by atoms with Crippen LogP contribution in [-0.4, -0.2) is 95.1 Å². The summed E-state index contributed by atoms with van der Waals surface area (Å²) in [6.07, 6.45) is 1.45.